The Morgan fingerprint density at radius 1 is 1.23 bits per heavy atom. The van der Waals surface area contributed by atoms with Gasteiger partial charge in [-0.1, -0.05) is 36.9 Å². The molecule has 8 nitrogen and oxygen atoms in total. The lowest BCUT2D eigenvalue weighted by atomic mass is 9.94. The molecule has 3 heterocycles. The Hall–Kier alpha value is -3.13. The predicted molar refractivity (Wildman–Crippen MR) is 139 cm³/mol. The van der Waals surface area contributed by atoms with Crippen molar-refractivity contribution in [1.29, 1.82) is 0 Å². The number of hydrogen-bond donors (Lipinski definition) is 2. The molecule has 1 aromatic rings. The van der Waals surface area contributed by atoms with Crippen LogP contribution in [0.1, 0.15) is 38.3 Å². The van der Waals surface area contributed by atoms with Gasteiger partial charge in [0.05, 0.1) is 24.7 Å². The first-order valence-electron chi connectivity index (χ1n) is 12.4. The molecule has 35 heavy (non-hydrogen) atoms. The molecule has 1 atom stereocenters. The number of carbonyl (C=O) groups excluding carboxylic acids is 2. The summed E-state index contributed by atoms with van der Waals surface area (Å²) in [7, 11) is 4.04. The van der Waals surface area contributed by atoms with Gasteiger partial charge in [0.15, 0.2) is 0 Å². The Bertz CT molecular complexity index is 1020. The molecule has 1 fully saturated rings. The molecule has 3 amide bonds. The maximum Gasteiger partial charge on any atom is 0.318 e. The lowest BCUT2D eigenvalue weighted by Gasteiger charge is -2.36. The third kappa shape index (κ3) is 5.27. The second kappa shape index (κ2) is 10.2. The standard InChI is InChI=1S/C27H38N6O2/c1-6-24(34)32-14-12-20(13-15-32)29-25-21-17-33(27(2,3)22(21)16-28-25)26(35)30-23(18-31(4)5)19-10-8-7-9-11-19/h6-11,20,23H,1,12-18H2,2-5H3,(H,28,29)(H,30,35)/t23-/m1/s1. The minimum Gasteiger partial charge on any atom is -0.367 e. The van der Waals surface area contributed by atoms with Crippen LogP contribution in [0.2, 0.25) is 0 Å². The van der Waals surface area contributed by atoms with Crippen molar-refractivity contribution in [2.45, 2.75) is 44.3 Å². The highest BCUT2D eigenvalue weighted by Gasteiger charge is 2.46. The van der Waals surface area contributed by atoms with Crippen LogP contribution in [0.15, 0.2) is 59.1 Å². The maximum absolute atomic E-state index is 13.5. The van der Waals surface area contributed by atoms with Gasteiger partial charge in [-0.3, -0.25) is 9.79 Å². The van der Waals surface area contributed by atoms with E-state index in [-0.39, 0.29) is 24.0 Å². The van der Waals surface area contributed by atoms with Crippen LogP contribution in [0.3, 0.4) is 0 Å². The number of amidine groups is 1. The maximum atomic E-state index is 13.5. The van der Waals surface area contributed by atoms with E-state index in [9.17, 15) is 9.59 Å². The molecule has 0 spiro atoms. The van der Waals surface area contributed by atoms with Crippen LogP contribution in [-0.2, 0) is 4.79 Å². The first-order chi connectivity index (χ1) is 16.7. The fourth-order valence-corrected chi connectivity index (χ4v) is 5.28. The van der Waals surface area contributed by atoms with Crippen LogP contribution in [0.5, 0.6) is 0 Å². The molecule has 0 saturated carbocycles. The lowest BCUT2D eigenvalue weighted by Crippen LogP contribution is -2.52. The van der Waals surface area contributed by atoms with Crippen LogP contribution in [0, 0.1) is 0 Å². The molecule has 0 aliphatic carbocycles. The Morgan fingerprint density at radius 3 is 2.54 bits per heavy atom. The van der Waals surface area contributed by atoms with Gasteiger partial charge in [-0.15, -0.1) is 0 Å². The summed E-state index contributed by atoms with van der Waals surface area (Å²) in [6.07, 6.45) is 3.13. The molecule has 8 heteroatoms. The SMILES string of the molecule is C=CC(=O)N1CCC(NC2=NCC3=C2CN(C(=O)N[C@H](CN(C)C)c2ccccc2)C3(C)C)CC1. The van der Waals surface area contributed by atoms with E-state index in [0.717, 1.165) is 36.4 Å². The number of amides is 3. The smallest absolute Gasteiger partial charge is 0.318 e. The molecule has 1 saturated heterocycles. The molecule has 0 unspecified atom stereocenters. The molecular weight excluding hydrogens is 440 g/mol. The number of rotatable bonds is 6. The minimum atomic E-state index is -0.411. The summed E-state index contributed by atoms with van der Waals surface area (Å²) in [5, 5.41) is 6.90. The monoisotopic (exact) mass is 478 g/mol. The Kier molecular flexibility index (Phi) is 7.31. The largest absolute Gasteiger partial charge is 0.367 e. The van der Waals surface area contributed by atoms with Gasteiger partial charge >= 0.3 is 6.03 Å². The number of aliphatic imine (C=N–C) groups is 1. The van der Waals surface area contributed by atoms with E-state index in [1.54, 1.807) is 0 Å². The number of piperidine rings is 1. The summed E-state index contributed by atoms with van der Waals surface area (Å²) in [4.78, 5) is 36.1. The molecule has 3 aliphatic heterocycles. The van der Waals surface area contributed by atoms with Gasteiger partial charge in [0.2, 0.25) is 5.91 Å². The van der Waals surface area contributed by atoms with Crippen molar-refractivity contribution in [2.24, 2.45) is 4.99 Å². The summed E-state index contributed by atoms with van der Waals surface area (Å²) in [5.74, 6) is 0.902. The lowest BCUT2D eigenvalue weighted by molar-refractivity contribution is -0.127. The van der Waals surface area contributed by atoms with Crippen molar-refractivity contribution in [3.05, 3.63) is 59.7 Å². The van der Waals surface area contributed by atoms with Crippen molar-refractivity contribution in [1.82, 2.24) is 25.3 Å². The van der Waals surface area contributed by atoms with E-state index in [2.05, 4.69) is 48.1 Å². The van der Waals surface area contributed by atoms with Gasteiger partial charge in [-0.2, -0.15) is 0 Å². The average Bonchev–Trinajstić information content (AvgIpc) is 3.36. The van der Waals surface area contributed by atoms with Gasteiger partial charge in [0.1, 0.15) is 5.84 Å². The number of urea groups is 1. The highest BCUT2D eigenvalue weighted by Crippen LogP contribution is 2.38. The number of likely N-dealkylation sites (tertiary alicyclic amines) is 1. The molecule has 4 rings (SSSR count). The highest BCUT2D eigenvalue weighted by atomic mass is 16.2. The third-order valence-electron chi connectivity index (χ3n) is 7.39. The number of nitrogens with zero attached hydrogens (tertiary/aromatic N) is 4. The van der Waals surface area contributed by atoms with Crippen LogP contribution in [0.25, 0.3) is 0 Å². The van der Waals surface area contributed by atoms with Gasteiger partial charge in [0, 0.05) is 31.2 Å². The number of benzene rings is 1. The first-order valence-corrected chi connectivity index (χ1v) is 12.4. The summed E-state index contributed by atoms with van der Waals surface area (Å²) < 4.78 is 0. The van der Waals surface area contributed by atoms with Crippen LogP contribution in [0.4, 0.5) is 4.79 Å². The van der Waals surface area contributed by atoms with Crippen molar-refractivity contribution in [3.63, 3.8) is 0 Å². The molecule has 3 aliphatic rings. The van der Waals surface area contributed by atoms with Crippen molar-refractivity contribution in [2.75, 3.05) is 46.8 Å². The zero-order chi connectivity index (χ0) is 25.2. The van der Waals surface area contributed by atoms with E-state index in [0.29, 0.717) is 26.2 Å². The van der Waals surface area contributed by atoms with Crippen molar-refractivity contribution in [3.8, 4) is 0 Å². The van der Waals surface area contributed by atoms with E-state index in [1.165, 1.54) is 11.6 Å². The van der Waals surface area contributed by atoms with Crippen LogP contribution < -0.4 is 10.6 Å². The van der Waals surface area contributed by atoms with Crippen molar-refractivity contribution < 1.29 is 9.59 Å². The Morgan fingerprint density at radius 2 is 1.91 bits per heavy atom. The summed E-state index contributed by atoms with van der Waals surface area (Å²) in [5.41, 5.74) is 3.03. The molecule has 0 radical (unpaired) electrons. The minimum absolute atomic E-state index is 0.00563. The molecule has 2 N–H and O–H groups in total. The van der Waals surface area contributed by atoms with Gasteiger partial charge in [0.25, 0.3) is 0 Å². The summed E-state index contributed by atoms with van der Waals surface area (Å²) in [6.45, 7) is 11.1. The van der Waals surface area contributed by atoms with Gasteiger partial charge < -0.3 is 25.3 Å². The molecule has 1 aromatic carbocycles. The van der Waals surface area contributed by atoms with E-state index < -0.39 is 5.54 Å². The van der Waals surface area contributed by atoms with E-state index in [4.69, 9.17) is 4.99 Å². The molecule has 0 aromatic heterocycles. The third-order valence-corrected chi connectivity index (χ3v) is 7.39. The fourth-order valence-electron chi connectivity index (χ4n) is 5.28. The van der Waals surface area contributed by atoms with Gasteiger partial charge in [-0.25, -0.2) is 4.79 Å². The highest BCUT2D eigenvalue weighted by molar-refractivity contribution is 6.03. The van der Waals surface area contributed by atoms with E-state index >= 15 is 0 Å². The summed E-state index contributed by atoms with van der Waals surface area (Å²) in [6, 6.07) is 10.2. The molecular formula is C27H38N6O2. The van der Waals surface area contributed by atoms with Gasteiger partial charge in [-0.05, 0) is 58.0 Å². The predicted octanol–water partition coefficient (Wildman–Crippen LogP) is 2.57. The number of likely N-dealkylation sites (N-methyl/N-ethyl adjacent to an activating group) is 1. The zero-order valence-electron chi connectivity index (χ0n) is 21.4. The number of hydrogen-bond acceptors (Lipinski definition) is 5. The topological polar surface area (TPSA) is 80.3 Å². The second-order valence-corrected chi connectivity index (χ2v) is 10.4. The number of nitrogens with one attached hydrogen (secondary N) is 2. The Labute approximate surface area is 208 Å². The first kappa shape index (κ1) is 25.0. The normalized spacial score (nSPS) is 20.5. The zero-order valence-corrected chi connectivity index (χ0v) is 21.4. The van der Waals surface area contributed by atoms with Crippen LogP contribution in [-0.4, -0.2) is 90.9 Å². The van der Waals surface area contributed by atoms with E-state index in [1.807, 2.05) is 42.1 Å². The average molecular weight is 479 g/mol. The quantitative estimate of drug-likeness (QED) is 0.616. The van der Waals surface area contributed by atoms with Crippen molar-refractivity contribution >= 4 is 17.8 Å². The Balaban J connectivity index is 1.41. The molecule has 0 bridgehead atoms. The fraction of sp³-hybridized carbons (Fsp3) is 0.519. The summed E-state index contributed by atoms with van der Waals surface area (Å²) >= 11 is 0. The molecule has 188 valence electrons. The number of carbonyl (C=O) groups is 2. The van der Waals surface area contributed by atoms with Crippen LogP contribution >= 0.6 is 0 Å². The second-order valence-electron chi connectivity index (χ2n) is 10.4.